The highest BCUT2D eigenvalue weighted by molar-refractivity contribution is 5.10. The molecule has 0 amide bonds. The fourth-order valence-corrected chi connectivity index (χ4v) is 1.97. The number of nitrogens with one attached hydrogen (secondary N) is 1. The summed E-state index contributed by atoms with van der Waals surface area (Å²) < 4.78 is 1.95. The molecule has 0 fully saturated rings. The minimum absolute atomic E-state index is 0.160. The standard InChI is InChI=1S/C13H19N5/c1-10(2)18-13(16-9-17-18)8-12(14-3)11-6-4-5-7-15-11/h4-7,9-10,12,14H,8H2,1-3H3. The molecule has 2 aromatic rings. The van der Waals surface area contributed by atoms with Gasteiger partial charge in [0, 0.05) is 18.7 Å². The van der Waals surface area contributed by atoms with E-state index >= 15 is 0 Å². The molecule has 0 saturated heterocycles. The second-order valence-electron chi connectivity index (χ2n) is 4.51. The van der Waals surface area contributed by atoms with Crippen molar-refractivity contribution in [2.45, 2.75) is 32.4 Å². The first-order valence-corrected chi connectivity index (χ1v) is 6.19. The fourth-order valence-electron chi connectivity index (χ4n) is 1.97. The van der Waals surface area contributed by atoms with E-state index in [9.17, 15) is 0 Å². The van der Waals surface area contributed by atoms with Crippen LogP contribution in [0.15, 0.2) is 30.7 Å². The van der Waals surface area contributed by atoms with Crippen molar-refractivity contribution in [1.82, 2.24) is 25.1 Å². The van der Waals surface area contributed by atoms with Crippen LogP contribution < -0.4 is 5.32 Å². The summed E-state index contributed by atoms with van der Waals surface area (Å²) in [7, 11) is 1.94. The van der Waals surface area contributed by atoms with Crippen LogP contribution in [0, 0.1) is 0 Å². The zero-order valence-corrected chi connectivity index (χ0v) is 11.0. The molecule has 0 saturated carbocycles. The molecule has 96 valence electrons. The Labute approximate surface area is 107 Å². The summed E-state index contributed by atoms with van der Waals surface area (Å²) in [5.41, 5.74) is 1.03. The first-order valence-electron chi connectivity index (χ1n) is 6.19. The molecule has 5 heteroatoms. The van der Waals surface area contributed by atoms with E-state index in [1.54, 1.807) is 6.33 Å². The molecule has 2 heterocycles. The lowest BCUT2D eigenvalue weighted by Crippen LogP contribution is -2.22. The number of rotatable bonds is 5. The van der Waals surface area contributed by atoms with Crippen LogP contribution in [0.1, 0.15) is 37.4 Å². The largest absolute Gasteiger partial charge is 0.311 e. The second-order valence-corrected chi connectivity index (χ2v) is 4.51. The Bertz CT molecular complexity index is 477. The van der Waals surface area contributed by atoms with Gasteiger partial charge in [0.15, 0.2) is 0 Å². The molecule has 18 heavy (non-hydrogen) atoms. The highest BCUT2D eigenvalue weighted by atomic mass is 15.3. The van der Waals surface area contributed by atoms with Crippen molar-refractivity contribution in [3.8, 4) is 0 Å². The Hall–Kier alpha value is -1.75. The number of likely N-dealkylation sites (N-methyl/N-ethyl adjacent to an activating group) is 1. The summed E-state index contributed by atoms with van der Waals surface area (Å²) in [5, 5.41) is 7.53. The number of hydrogen-bond donors (Lipinski definition) is 1. The molecule has 0 aliphatic heterocycles. The van der Waals surface area contributed by atoms with Crippen LogP contribution in [0.3, 0.4) is 0 Å². The Morgan fingerprint density at radius 3 is 2.72 bits per heavy atom. The Balaban J connectivity index is 2.18. The van der Waals surface area contributed by atoms with Crippen molar-refractivity contribution in [3.05, 3.63) is 42.2 Å². The van der Waals surface area contributed by atoms with Gasteiger partial charge in [-0.25, -0.2) is 9.67 Å². The van der Waals surface area contributed by atoms with E-state index < -0.39 is 0 Å². The van der Waals surface area contributed by atoms with Gasteiger partial charge in [-0.1, -0.05) is 6.07 Å². The summed E-state index contributed by atoms with van der Waals surface area (Å²) >= 11 is 0. The predicted octanol–water partition coefficient (Wildman–Crippen LogP) is 1.76. The van der Waals surface area contributed by atoms with Crippen molar-refractivity contribution in [2.75, 3.05) is 7.05 Å². The molecular formula is C13H19N5. The molecule has 2 aromatic heterocycles. The quantitative estimate of drug-likeness (QED) is 0.872. The highest BCUT2D eigenvalue weighted by Crippen LogP contribution is 2.16. The minimum Gasteiger partial charge on any atom is -0.311 e. The van der Waals surface area contributed by atoms with E-state index in [4.69, 9.17) is 0 Å². The molecule has 2 rings (SSSR count). The van der Waals surface area contributed by atoms with Crippen LogP contribution in [-0.4, -0.2) is 26.8 Å². The third-order valence-electron chi connectivity index (χ3n) is 2.92. The molecule has 1 N–H and O–H groups in total. The van der Waals surface area contributed by atoms with Crippen molar-refractivity contribution in [3.63, 3.8) is 0 Å². The predicted molar refractivity (Wildman–Crippen MR) is 70.1 cm³/mol. The van der Waals surface area contributed by atoms with Crippen LogP contribution in [0.4, 0.5) is 0 Å². The lowest BCUT2D eigenvalue weighted by atomic mass is 10.1. The molecule has 1 atom stereocenters. The summed E-state index contributed by atoms with van der Waals surface area (Å²) in [6.45, 7) is 4.21. The van der Waals surface area contributed by atoms with Crippen LogP contribution in [0.25, 0.3) is 0 Å². The molecule has 0 aliphatic rings. The van der Waals surface area contributed by atoms with E-state index in [2.05, 4.69) is 34.2 Å². The van der Waals surface area contributed by atoms with Gasteiger partial charge in [0.05, 0.1) is 11.7 Å². The van der Waals surface area contributed by atoms with Crippen LogP contribution in [0.5, 0.6) is 0 Å². The summed E-state index contributed by atoms with van der Waals surface area (Å²) in [5.74, 6) is 0.981. The Kier molecular flexibility index (Phi) is 4.04. The highest BCUT2D eigenvalue weighted by Gasteiger charge is 2.16. The van der Waals surface area contributed by atoms with E-state index in [-0.39, 0.29) is 6.04 Å². The van der Waals surface area contributed by atoms with Gasteiger partial charge >= 0.3 is 0 Å². The van der Waals surface area contributed by atoms with Gasteiger partial charge in [-0.15, -0.1) is 0 Å². The Morgan fingerprint density at radius 2 is 2.11 bits per heavy atom. The zero-order valence-electron chi connectivity index (χ0n) is 11.0. The SMILES string of the molecule is CNC(Cc1ncnn1C(C)C)c1ccccn1. The van der Waals surface area contributed by atoms with E-state index in [0.29, 0.717) is 6.04 Å². The van der Waals surface area contributed by atoms with Crippen molar-refractivity contribution >= 4 is 0 Å². The molecule has 0 aliphatic carbocycles. The maximum Gasteiger partial charge on any atom is 0.138 e. The molecule has 0 radical (unpaired) electrons. The van der Waals surface area contributed by atoms with Crippen LogP contribution in [0.2, 0.25) is 0 Å². The molecule has 0 bridgehead atoms. The van der Waals surface area contributed by atoms with E-state index in [1.165, 1.54) is 0 Å². The van der Waals surface area contributed by atoms with Gasteiger partial charge in [-0.3, -0.25) is 4.98 Å². The van der Waals surface area contributed by atoms with Gasteiger partial charge < -0.3 is 5.32 Å². The summed E-state index contributed by atoms with van der Waals surface area (Å²) in [4.78, 5) is 8.72. The lowest BCUT2D eigenvalue weighted by Gasteiger charge is -2.16. The molecule has 0 aromatic carbocycles. The van der Waals surface area contributed by atoms with Crippen LogP contribution >= 0.6 is 0 Å². The topological polar surface area (TPSA) is 55.6 Å². The average molecular weight is 245 g/mol. The average Bonchev–Trinajstić information content (AvgIpc) is 2.85. The third-order valence-corrected chi connectivity index (χ3v) is 2.92. The maximum absolute atomic E-state index is 4.39. The molecule has 1 unspecified atom stereocenters. The third kappa shape index (κ3) is 2.73. The minimum atomic E-state index is 0.160. The zero-order chi connectivity index (χ0) is 13.0. The molecule has 5 nitrogen and oxygen atoms in total. The smallest absolute Gasteiger partial charge is 0.138 e. The number of nitrogens with zero attached hydrogens (tertiary/aromatic N) is 4. The maximum atomic E-state index is 4.39. The molecular weight excluding hydrogens is 226 g/mol. The van der Waals surface area contributed by atoms with Crippen LogP contribution in [-0.2, 0) is 6.42 Å². The van der Waals surface area contributed by atoms with Crippen molar-refractivity contribution in [1.29, 1.82) is 0 Å². The Morgan fingerprint density at radius 1 is 1.28 bits per heavy atom. The lowest BCUT2D eigenvalue weighted by molar-refractivity contribution is 0.474. The van der Waals surface area contributed by atoms with Gasteiger partial charge in [0.2, 0.25) is 0 Å². The first kappa shape index (κ1) is 12.7. The molecule has 0 spiro atoms. The second kappa shape index (κ2) is 5.73. The van der Waals surface area contributed by atoms with Gasteiger partial charge in [-0.05, 0) is 33.0 Å². The van der Waals surface area contributed by atoms with Gasteiger partial charge in [0.25, 0.3) is 0 Å². The monoisotopic (exact) mass is 245 g/mol. The first-order chi connectivity index (χ1) is 8.72. The fraction of sp³-hybridized carbons (Fsp3) is 0.462. The van der Waals surface area contributed by atoms with Crippen molar-refractivity contribution < 1.29 is 0 Å². The number of aromatic nitrogens is 4. The number of pyridine rings is 1. The van der Waals surface area contributed by atoms with E-state index in [1.807, 2.05) is 36.1 Å². The van der Waals surface area contributed by atoms with Gasteiger partial charge in [0.1, 0.15) is 12.2 Å². The summed E-state index contributed by atoms with van der Waals surface area (Å²) in [6.07, 6.45) is 4.21. The van der Waals surface area contributed by atoms with Crippen molar-refractivity contribution in [2.24, 2.45) is 0 Å². The van der Waals surface area contributed by atoms with E-state index in [0.717, 1.165) is 17.9 Å². The number of hydrogen-bond acceptors (Lipinski definition) is 4. The van der Waals surface area contributed by atoms with Gasteiger partial charge in [-0.2, -0.15) is 5.10 Å². The normalized spacial score (nSPS) is 12.9. The summed E-state index contributed by atoms with van der Waals surface area (Å²) in [6, 6.07) is 6.43.